The van der Waals surface area contributed by atoms with Crippen LogP contribution in [0.25, 0.3) is 0 Å². The van der Waals surface area contributed by atoms with E-state index in [2.05, 4.69) is 29.2 Å². The van der Waals surface area contributed by atoms with Gasteiger partial charge in [0.2, 0.25) is 5.69 Å². The Bertz CT molecular complexity index is 546. The lowest BCUT2D eigenvalue weighted by atomic mass is 10.1. The molecule has 23 heavy (non-hydrogen) atoms. The van der Waals surface area contributed by atoms with Crippen LogP contribution in [0.4, 0.5) is 22.7 Å². The van der Waals surface area contributed by atoms with Gasteiger partial charge in [0.15, 0.2) is 0 Å². The summed E-state index contributed by atoms with van der Waals surface area (Å²) in [6.07, 6.45) is 1.96. The number of benzene rings is 1. The second-order valence-corrected chi connectivity index (χ2v) is 5.46. The summed E-state index contributed by atoms with van der Waals surface area (Å²) >= 11 is 0. The Morgan fingerprint density at radius 3 is 2.57 bits per heavy atom. The van der Waals surface area contributed by atoms with E-state index in [0.29, 0.717) is 5.69 Å². The predicted molar refractivity (Wildman–Crippen MR) is 93.1 cm³/mol. The first kappa shape index (κ1) is 18.8. The summed E-state index contributed by atoms with van der Waals surface area (Å²) in [4.78, 5) is 23.4. The van der Waals surface area contributed by atoms with Gasteiger partial charge < -0.3 is 16.0 Å². The molecule has 0 saturated heterocycles. The van der Waals surface area contributed by atoms with Crippen molar-refractivity contribution in [1.82, 2.24) is 4.90 Å². The molecule has 0 aliphatic heterocycles. The van der Waals surface area contributed by atoms with E-state index in [0.717, 1.165) is 32.5 Å². The average molecular weight is 323 g/mol. The number of nitrogens with two attached hydrogens (primary N) is 1. The first-order chi connectivity index (χ1) is 10.9. The van der Waals surface area contributed by atoms with E-state index in [1.807, 2.05) is 6.92 Å². The topological polar surface area (TPSA) is 114 Å². The van der Waals surface area contributed by atoms with E-state index in [4.69, 9.17) is 5.73 Å². The van der Waals surface area contributed by atoms with Crippen molar-refractivity contribution in [1.29, 1.82) is 0 Å². The zero-order valence-electron chi connectivity index (χ0n) is 13.9. The van der Waals surface area contributed by atoms with Gasteiger partial charge in [-0.2, -0.15) is 0 Å². The molecule has 0 radical (unpaired) electrons. The zero-order valence-corrected chi connectivity index (χ0v) is 13.9. The Morgan fingerprint density at radius 1 is 1.39 bits per heavy atom. The van der Waals surface area contributed by atoms with Crippen molar-refractivity contribution in [3.8, 4) is 0 Å². The Morgan fingerprint density at radius 2 is 2.04 bits per heavy atom. The van der Waals surface area contributed by atoms with Crippen LogP contribution in [-0.4, -0.2) is 35.5 Å². The molecule has 0 bridgehead atoms. The van der Waals surface area contributed by atoms with Gasteiger partial charge in [-0.1, -0.05) is 13.8 Å². The van der Waals surface area contributed by atoms with Gasteiger partial charge in [0, 0.05) is 12.1 Å². The summed E-state index contributed by atoms with van der Waals surface area (Å²) in [5.74, 6) is 0. The van der Waals surface area contributed by atoms with Gasteiger partial charge in [0.1, 0.15) is 0 Å². The number of nitroso groups, excluding NO2 is 1. The normalized spacial score (nSPS) is 12.2. The molecule has 128 valence electrons. The lowest BCUT2D eigenvalue weighted by Crippen LogP contribution is -2.25. The summed E-state index contributed by atoms with van der Waals surface area (Å²) < 4.78 is 0. The van der Waals surface area contributed by atoms with Gasteiger partial charge in [-0.3, -0.25) is 10.1 Å². The molecule has 0 aliphatic carbocycles. The van der Waals surface area contributed by atoms with Crippen LogP contribution in [0.15, 0.2) is 17.3 Å². The molecular weight excluding hydrogens is 298 g/mol. The minimum Gasteiger partial charge on any atom is -0.395 e. The van der Waals surface area contributed by atoms with Crippen molar-refractivity contribution in [3.63, 3.8) is 0 Å². The van der Waals surface area contributed by atoms with E-state index in [9.17, 15) is 15.0 Å². The van der Waals surface area contributed by atoms with Crippen molar-refractivity contribution < 1.29 is 4.92 Å². The van der Waals surface area contributed by atoms with Gasteiger partial charge in [-0.05, 0) is 50.6 Å². The van der Waals surface area contributed by atoms with Crippen molar-refractivity contribution >= 4 is 22.7 Å². The highest BCUT2D eigenvalue weighted by atomic mass is 16.6. The SMILES string of the molecule is CCN(CC)CCCC(C)Nc1ccc([N+](=O)[O-])c(N=O)c1N. The van der Waals surface area contributed by atoms with Crippen LogP contribution in [0, 0.1) is 15.0 Å². The Kier molecular flexibility index (Phi) is 7.40. The maximum Gasteiger partial charge on any atom is 0.300 e. The number of nitro groups is 1. The van der Waals surface area contributed by atoms with Crippen molar-refractivity contribution in [3.05, 3.63) is 27.2 Å². The zero-order chi connectivity index (χ0) is 17.4. The van der Waals surface area contributed by atoms with E-state index >= 15 is 0 Å². The largest absolute Gasteiger partial charge is 0.395 e. The van der Waals surface area contributed by atoms with Crippen molar-refractivity contribution in [2.45, 2.75) is 39.7 Å². The molecule has 1 atom stereocenters. The average Bonchev–Trinajstić information content (AvgIpc) is 2.53. The fourth-order valence-electron chi connectivity index (χ4n) is 2.46. The van der Waals surface area contributed by atoms with Crippen LogP contribution in [0.1, 0.15) is 33.6 Å². The summed E-state index contributed by atoms with van der Waals surface area (Å²) in [7, 11) is 0. The molecule has 3 N–H and O–H groups in total. The summed E-state index contributed by atoms with van der Waals surface area (Å²) in [6.45, 7) is 9.37. The number of nitrogens with zero attached hydrogens (tertiary/aromatic N) is 3. The molecule has 0 amide bonds. The molecule has 8 heteroatoms. The second-order valence-electron chi connectivity index (χ2n) is 5.46. The number of nitrogen functional groups attached to an aromatic ring is 1. The predicted octanol–water partition coefficient (Wildman–Crippen LogP) is 3.50. The molecule has 1 unspecified atom stereocenters. The van der Waals surface area contributed by atoms with Gasteiger partial charge in [0.25, 0.3) is 0 Å². The molecule has 0 spiro atoms. The quantitative estimate of drug-likeness (QED) is 0.295. The highest BCUT2D eigenvalue weighted by Crippen LogP contribution is 2.38. The van der Waals surface area contributed by atoms with Gasteiger partial charge in [0.05, 0.1) is 16.3 Å². The summed E-state index contributed by atoms with van der Waals surface area (Å²) in [5.41, 5.74) is 5.65. The van der Waals surface area contributed by atoms with E-state index < -0.39 is 4.92 Å². The minimum absolute atomic E-state index is 0.0183. The fourth-order valence-corrected chi connectivity index (χ4v) is 2.46. The minimum atomic E-state index is -0.662. The fraction of sp³-hybridized carbons (Fsp3) is 0.600. The van der Waals surface area contributed by atoms with Crippen LogP contribution in [0.5, 0.6) is 0 Å². The molecule has 8 nitrogen and oxygen atoms in total. The first-order valence-electron chi connectivity index (χ1n) is 7.83. The number of rotatable bonds is 10. The molecule has 1 aromatic rings. The second kappa shape index (κ2) is 9.04. The first-order valence-corrected chi connectivity index (χ1v) is 7.83. The maximum atomic E-state index is 10.9. The van der Waals surface area contributed by atoms with Crippen LogP contribution < -0.4 is 11.1 Å². The molecule has 0 aromatic heterocycles. The standard InChI is InChI=1S/C15H25N5O3/c1-4-19(5-2)10-6-7-11(3)17-12-8-9-13(20(22)23)15(18-21)14(12)16/h8-9,11,17H,4-7,10,16H2,1-3H3. The third kappa shape index (κ3) is 5.17. The third-order valence-electron chi connectivity index (χ3n) is 3.89. The van der Waals surface area contributed by atoms with Gasteiger partial charge >= 0.3 is 5.69 Å². The smallest absolute Gasteiger partial charge is 0.300 e. The molecule has 1 rings (SSSR count). The van der Waals surface area contributed by atoms with Gasteiger partial charge in [-0.15, -0.1) is 4.91 Å². The van der Waals surface area contributed by atoms with Crippen molar-refractivity contribution in [2.24, 2.45) is 5.18 Å². The summed E-state index contributed by atoms with van der Waals surface area (Å²) in [5, 5.41) is 16.8. The maximum absolute atomic E-state index is 10.9. The molecule has 0 fully saturated rings. The highest BCUT2D eigenvalue weighted by molar-refractivity contribution is 5.84. The molecule has 0 aliphatic rings. The summed E-state index contributed by atoms with van der Waals surface area (Å²) in [6, 6.07) is 2.90. The number of nitrogens with one attached hydrogen (secondary N) is 1. The molecule has 0 heterocycles. The monoisotopic (exact) mass is 323 g/mol. The molecule has 1 aromatic carbocycles. The number of anilines is 2. The Hall–Kier alpha value is -2.22. The highest BCUT2D eigenvalue weighted by Gasteiger charge is 2.20. The molecular formula is C15H25N5O3. The van der Waals surface area contributed by atoms with Crippen LogP contribution in [-0.2, 0) is 0 Å². The van der Waals surface area contributed by atoms with E-state index in [1.54, 1.807) is 0 Å². The van der Waals surface area contributed by atoms with Crippen LogP contribution in [0.3, 0.4) is 0 Å². The number of hydrogen-bond acceptors (Lipinski definition) is 7. The third-order valence-corrected chi connectivity index (χ3v) is 3.89. The number of hydrogen-bond donors (Lipinski definition) is 2. The van der Waals surface area contributed by atoms with E-state index in [-0.39, 0.29) is 23.1 Å². The van der Waals surface area contributed by atoms with Crippen LogP contribution in [0.2, 0.25) is 0 Å². The van der Waals surface area contributed by atoms with Gasteiger partial charge in [-0.25, -0.2) is 0 Å². The lowest BCUT2D eigenvalue weighted by molar-refractivity contribution is -0.384. The molecule has 0 saturated carbocycles. The van der Waals surface area contributed by atoms with Crippen molar-refractivity contribution in [2.75, 3.05) is 30.7 Å². The lowest BCUT2D eigenvalue weighted by Gasteiger charge is -2.21. The van der Waals surface area contributed by atoms with Crippen LogP contribution >= 0.6 is 0 Å². The number of nitro benzene ring substituents is 1. The Balaban J connectivity index is 2.70. The van der Waals surface area contributed by atoms with E-state index in [1.165, 1.54) is 12.1 Å². The Labute approximate surface area is 136 Å².